The summed E-state index contributed by atoms with van der Waals surface area (Å²) in [6, 6.07) is 6.17. The van der Waals surface area contributed by atoms with Crippen LogP contribution in [0.2, 0.25) is 0 Å². The van der Waals surface area contributed by atoms with Crippen molar-refractivity contribution in [2.45, 2.75) is 19.4 Å². The van der Waals surface area contributed by atoms with Gasteiger partial charge >= 0.3 is 0 Å². The van der Waals surface area contributed by atoms with E-state index >= 15 is 0 Å². The van der Waals surface area contributed by atoms with Gasteiger partial charge in [0.05, 0.1) is 11.9 Å². The maximum atomic E-state index is 13.3. The Morgan fingerprint density at radius 3 is 2.95 bits per heavy atom. The number of benzene rings is 1. The average molecular weight is 285 g/mol. The highest BCUT2D eigenvalue weighted by atomic mass is 19.1. The van der Waals surface area contributed by atoms with Crippen molar-refractivity contribution in [1.29, 1.82) is 0 Å². The molecule has 3 aromatic rings. The molecule has 108 valence electrons. The number of nitrogens with zero attached hydrogens (tertiary/aromatic N) is 2. The van der Waals surface area contributed by atoms with Gasteiger partial charge in [-0.2, -0.15) is 0 Å². The lowest BCUT2D eigenvalue weighted by Gasteiger charge is -2.14. The smallest absolute Gasteiger partial charge is 0.134 e. The van der Waals surface area contributed by atoms with Crippen molar-refractivity contribution in [1.82, 2.24) is 15.3 Å². The SMILES string of the molecule is CCCNC(c1cnccn1)c1cc2cc(F)ccc2o1. The lowest BCUT2D eigenvalue weighted by molar-refractivity contribution is 0.462. The third-order valence-corrected chi connectivity index (χ3v) is 3.26. The first kappa shape index (κ1) is 13.7. The third-order valence-electron chi connectivity index (χ3n) is 3.26. The molecule has 1 atom stereocenters. The lowest BCUT2D eigenvalue weighted by atomic mass is 10.1. The van der Waals surface area contributed by atoms with E-state index < -0.39 is 0 Å². The van der Waals surface area contributed by atoms with Crippen molar-refractivity contribution < 1.29 is 8.81 Å². The van der Waals surface area contributed by atoms with Crippen LogP contribution in [0.15, 0.2) is 47.3 Å². The van der Waals surface area contributed by atoms with Gasteiger partial charge < -0.3 is 9.73 Å². The Bertz CT molecular complexity index is 727. The Morgan fingerprint density at radius 1 is 1.29 bits per heavy atom. The number of hydrogen-bond donors (Lipinski definition) is 1. The minimum Gasteiger partial charge on any atom is -0.459 e. The molecular formula is C16H16FN3O. The largest absolute Gasteiger partial charge is 0.459 e. The second-order valence-electron chi connectivity index (χ2n) is 4.85. The van der Waals surface area contributed by atoms with E-state index in [9.17, 15) is 4.39 Å². The molecule has 1 N–H and O–H groups in total. The van der Waals surface area contributed by atoms with Gasteiger partial charge in [-0.25, -0.2) is 4.39 Å². The zero-order valence-corrected chi connectivity index (χ0v) is 11.7. The number of aromatic nitrogens is 2. The van der Waals surface area contributed by atoms with Gasteiger partial charge in [0, 0.05) is 17.8 Å². The van der Waals surface area contributed by atoms with Crippen LogP contribution in [0.3, 0.4) is 0 Å². The van der Waals surface area contributed by atoms with Gasteiger partial charge in [0.1, 0.15) is 23.2 Å². The molecule has 0 spiro atoms. The number of hydrogen-bond acceptors (Lipinski definition) is 4. The highest BCUT2D eigenvalue weighted by Gasteiger charge is 2.19. The first-order chi connectivity index (χ1) is 10.3. The molecule has 0 radical (unpaired) electrons. The minimum absolute atomic E-state index is 0.186. The van der Waals surface area contributed by atoms with E-state index in [4.69, 9.17) is 4.42 Å². The van der Waals surface area contributed by atoms with Gasteiger partial charge in [-0.1, -0.05) is 6.92 Å². The van der Waals surface area contributed by atoms with Crippen LogP contribution in [0.1, 0.15) is 30.8 Å². The van der Waals surface area contributed by atoms with Crippen LogP contribution in [0.4, 0.5) is 4.39 Å². The topological polar surface area (TPSA) is 51.0 Å². The van der Waals surface area contributed by atoms with Gasteiger partial charge in [0.15, 0.2) is 0 Å². The van der Waals surface area contributed by atoms with E-state index in [2.05, 4.69) is 22.2 Å². The number of nitrogens with one attached hydrogen (secondary N) is 1. The summed E-state index contributed by atoms with van der Waals surface area (Å²) in [6.45, 7) is 2.92. The van der Waals surface area contributed by atoms with E-state index in [0.29, 0.717) is 11.3 Å². The van der Waals surface area contributed by atoms with Gasteiger partial charge in [0.2, 0.25) is 0 Å². The Hall–Kier alpha value is -2.27. The molecule has 4 nitrogen and oxygen atoms in total. The van der Waals surface area contributed by atoms with Gasteiger partial charge in [0.25, 0.3) is 0 Å². The first-order valence-corrected chi connectivity index (χ1v) is 6.96. The molecule has 1 unspecified atom stereocenters. The fraction of sp³-hybridized carbons (Fsp3) is 0.250. The monoisotopic (exact) mass is 285 g/mol. The van der Waals surface area contributed by atoms with Crippen molar-refractivity contribution in [3.63, 3.8) is 0 Å². The van der Waals surface area contributed by atoms with Crippen LogP contribution in [0.25, 0.3) is 11.0 Å². The Morgan fingerprint density at radius 2 is 2.19 bits per heavy atom. The zero-order chi connectivity index (χ0) is 14.7. The summed E-state index contributed by atoms with van der Waals surface area (Å²) in [7, 11) is 0. The average Bonchev–Trinajstić information content (AvgIpc) is 2.91. The quantitative estimate of drug-likeness (QED) is 0.780. The fourth-order valence-electron chi connectivity index (χ4n) is 2.28. The molecular weight excluding hydrogens is 269 g/mol. The second kappa shape index (κ2) is 6.01. The number of furan rings is 1. The molecule has 21 heavy (non-hydrogen) atoms. The van der Waals surface area contributed by atoms with Gasteiger partial charge in [-0.15, -0.1) is 0 Å². The van der Waals surface area contributed by atoms with Crippen LogP contribution in [0.5, 0.6) is 0 Å². The summed E-state index contributed by atoms with van der Waals surface area (Å²) >= 11 is 0. The molecule has 2 heterocycles. The summed E-state index contributed by atoms with van der Waals surface area (Å²) in [6.07, 6.45) is 5.99. The van der Waals surface area contributed by atoms with Crippen LogP contribution in [-0.4, -0.2) is 16.5 Å². The van der Waals surface area contributed by atoms with E-state index in [1.54, 1.807) is 24.7 Å². The summed E-state index contributed by atoms with van der Waals surface area (Å²) in [5, 5.41) is 4.13. The number of halogens is 1. The molecule has 1 aromatic carbocycles. The normalized spacial score (nSPS) is 12.7. The fourth-order valence-corrected chi connectivity index (χ4v) is 2.28. The van der Waals surface area contributed by atoms with Crippen molar-refractivity contribution in [2.75, 3.05) is 6.54 Å². The summed E-state index contributed by atoms with van der Waals surface area (Å²) < 4.78 is 19.1. The minimum atomic E-state index is -0.271. The molecule has 2 aromatic heterocycles. The lowest BCUT2D eigenvalue weighted by Crippen LogP contribution is -2.23. The molecule has 0 aliphatic carbocycles. The molecule has 0 fully saturated rings. The molecule has 0 bridgehead atoms. The highest BCUT2D eigenvalue weighted by molar-refractivity contribution is 5.78. The van der Waals surface area contributed by atoms with Crippen LogP contribution >= 0.6 is 0 Å². The number of rotatable bonds is 5. The zero-order valence-electron chi connectivity index (χ0n) is 11.7. The van der Waals surface area contributed by atoms with Crippen molar-refractivity contribution in [3.8, 4) is 0 Å². The number of fused-ring (bicyclic) bond motifs is 1. The van der Waals surface area contributed by atoms with Gasteiger partial charge in [-0.3, -0.25) is 9.97 Å². The van der Waals surface area contributed by atoms with Crippen LogP contribution in [0, 0.1) is 5.82 Å². The molecule has 0 saturated heterocycles. The van der Waals surface area contributed by atoms with Crippen molar-refractivity contribution in [2.24, 2.45) is 0 Å². The van der Waals surface area contributed by atoms with Crippen molar-refractivity contribution in [3.05, 3.63) is 60.1 Å². The molecule has 0 amide bonds. The van der Waals surface area contributed by atoms with Gasteiger partial charge in [-0.05, 0) is 37.2 Å². The molecule has 0 saturated carbocycles. The Kier molecular flexibility index (Phi) is 3.92. The maximum Gasteiger partial charge on any atom is 0.134 e. The Balaban J connectivity index is 2.01. The molecule has 5 heteroatoms. The van der Waals surface area contributed by atoms with Crippen LogP contribution in [-0.2, 0) is 0 Å². The van der Waals surface area contributed by atoms with Crippen LogP contribution < -0.4 is 5.32 Å². The van der Waals surface area contributed by atoms with E-state index in [-0.39, 0.29) is 11.9 Å². The second-order valence-corrected chi connectivity index (χ2v) is 4.85. The van der Waals surface area contributed by atoms with E-state index in [1.807, 2.05) is 6.07 Å². The third kappa shape index (κ3) is 2.92. The predicted molar refractivity (Wildman–Crippen MR) is 78.3 cm³/mol. The summed E-state index contributed by atoms with van der Waals surface area (Å²) in [5.41, 5.74) is 1.45. The maximum absolute atomic E-state index is 13.3. The highest BCUT2D eigenvalue weighted by Crippen LogP contribution is 2.27. The molecule has 0 aliphatic rings. The summed E-state index contributed by atoms with van der Waals surface area (Å²) in [4.78, 5) is 8.44. The first-order valence-electron chi connectivity index (χ1n) is 6.96. The van der Waals surface area contributed by atoms with Crippen molar-refractivity contribution >= 4 is 11.0 Å². The standard InChI is InChI=1S/C16H16FN3O/c1-2-5-20-16(13-10-18-6-7-19-13)15-9-11-8-12(17)3-4-14(11)21-15/h3-4,6-10,16,20H,2,5H2,1H3. The molecule has 0 aliphatic heterocycles. The predicted octanol–water partition coefficient (Wildman–Crippen LogP) is 3.45. The summed E-state index contributed by atoms with van der Waals surface area (Å²) in [5.74, 6) is 0.442. The van der Waals surface area contributed by atoms with E-state index in [1.165, 1.54) is 12.1 Å². The van der Waals surface area contributed by atoms with E-state index in [0.717, 1.165) is 24.0 Å². The Labute approximate surface area is 122 Å². The molecule has 3 rings (SSSR count).